The van der Waals surface area contributed by atoms with Gasteiger partial charge in [0.1, 0.15) is 24.0 Å². The molecule has 0 spiro atoms. The molecule has 2 N–H and O–H groups in total. The van der Waals surface area contributed by atoms with Crippen LogP contribution in [-0.4, -0.2) is 25.4 Å². The molecule has 2 aromatic carbocycles. The van der Waals surface area contributed by atoms with Crippen molar-refractivity contribution >= 4 is 16.9 Å². The van der Waals surface area contributed by atoms with Crippen molar-refractivity contribution in [1.29, 1.82) is 0 Å². The number of aryl methyl sites for hydroxylation is 1. The van der Waals surface area contributed by atoms with Crippen LogP contribution in [0.25, 0.3) is 11.0 Å². The molecule has 0 aliphatic carbocycles. The number of para-hydroxylation sites is 2. The number of aromatic nitrogens is 4. The summed E-state index contributed by atoms with van der Waals surface area (Å²) in [6.45, 7) is 4.50. The number of nitrogens with one attached hydrogen (secondary N) is 2. The zero-order valence-corrected chi connectivity index (χ0v) is 17.3. The Kier molecular flexibility index (Phi) is 5.52. The van der Waals surface area contributed by atoms with Crippen LogP contribution in [0.2, 0.25) is 0 Å². The van der Waals surface area contributed by atoms with E-state index in [0.29, 0.717) is 17.9 Å². The number of fused-ring (bicyclic) bond motifs is 1. The predicted octanol–water partition coefficient (Wildman–Crippen LogP) is 4.00. The minimum atomic E-state index is -0.218. The molecule has 0 saturated carbocycles. The monoisotopic (exact) mass is 403 g/mol. The second-order valence-electron chi connectivity index (χ2n) is 7.60. The first-order valence-electron chi connectivity index (χ1n) is 9.96. The molecule has 4 aromatic rings. The van der Waals surface area contributed by atoms with E-state index in [4.69, 9.17) is 4.74 Å². The molecule has 0 fully saturated rings. The van der Waals surface area contributed by atoms with Gasteiger partial charge in [0.2, 0.25) is 0 Å². The Morgan fingerprint density at radius 3 is 2.60 bits per heavy atom. The number of ether oxygens (including phenoxy) is 1. The van der Waals surface area contributed by atoms with Gasteiger partial charge in [-0.3, -0.25) is 4.79 Å². The number of aromatic amines is 1. The Labute approximate surface area is 175 Å². The van der Waals surface area contributed by atoms with Gasteiger partial charge < -0.3 is 19.6 Å². The molecule has 30 heavy (non-hydrogen) atoms. The third-order valence-electron chi connectivity index (χ3n) is 5.06. The van der Waals surface area contributed by atoms with E-state index in [-0.39, 0.29) is 17.9 Å². The van der Waals surface area contributed by atoms with Crippen molar-refractivity contribution in [2.75, 3.05) is 0 Å². The van der Waals surface area contributed by atoms with Crippen LogP contribution in [0.4, 0.5) is 0 Å². The average Bonchev–Trinajstić information content (AvgIpc) is 3.36. The standard InChI is InChI=1S/C23H25N5O2/c1-15(2)21(22-25-18-6-4-5-7-19(18)26-22)27-23(29)16-8-10-17(11-9-16)30-14-20-24-12-13-28(20)3/h4-13,15,21H,14H2,1-3H3,(H,25,26)(H,27,29)/t21-/m0/s1. The van der Waals surface area contributed by atoms with Crippen molar-refractivity contribution in [3.05, 3.63) is 78.1 Å². The fourth-order valence-corrected chi connectivity index (χ4v) is 3.28. The number of imidazole rings is 2. The van der Waals surface area contributed by atoms with Crippen molar-refractivity contribution in [1.82, 2.24) is 24.8 Å². The summed E-state index contributed by atoms with van der Waals surface area (Å²) in [4.78, 5) is 25.1. The van der Waals surface area contributed by atoms with Gasteiger partial charge in [-0.25, -0.2) is 9.97 Å². The van der Waals surface area contributed by atoms with Gasteiger partial charge >= 0.3 is 0 Å². The van der Waals surface area contributed by atoms with Gasteiger partial charge in [0.25, 0.3) is 5.91 Å². The summed E-state index contributed by atoms with van der Waals surface area (Å²) >= 11 is 0. The molecule has 0 saturated heterocycles. The van der Waals surface area contributed by atoms with Crippen LogP contribution in [0.5, 0.6) is 5.75 Å². The number of H-pyrrole nitrogens is 1. The Balaban J connectivity index is 1.44. The molecular formula is C23H25N5O2. The first kappa shape index (κ1) is 19.7. The summed E-state index contributed by atoms with van der Waals surface area (Å²) in [5.41, 5.74) is 2.42. The highest BCUT2D eigenvalue weighted by molar-refractivity contribution is 5.94. The third kappa shape index (κ3) is 4.20. The fourth-order valence-electron chi connectivity index (χ4n) is 3.28. The van der Waals surface area contributed by atoms with Gasteiger partial charge in [-0.05, 0) is 42.3 Å². The van der Waals surface area contributed by atoms with E-state index >= 15 is 0 Å². The SMILES string of the molecule is CC(C)[C@H](NC(=O)c1ccc(OCc2nccn2C)cc1)c1nc2ccccc2[nH]1. The van der Waals surface area contributed by atoms with E-state index < -0.39 is 0 Å². The summed E-state index contributed by atoms with van der Waals surface area (Å²) in [6, 6.07) is 14.8. The van der Waals surface area contributed by atoms with Crippen LogP contribution >= 0.6 is 0 Å². The smallest absolute Gasteiger partial charge is 0.251 e. The molecule has 0 unspecified atom stereocenters. The number of hydrogen-bond donors (Lipinski definition) is 2. The molecule has 154 valence electrons. The van der Waals surface area contributed by atoms with Crippen molar-refractivity contribution in [3.8, 4) is 5.75 Å². The lowest BCUT2D eigenvalue weighted by atomic mass is 10.0. The zero-order chi connectivity index (χ0) is 21.1. The number of carbonyl (C=O) groups is 1. The Morgan fingerprint density at radius 1 is 1.17 bits per heavy atom. The number of hydrogen-bond acceptors (Lipinski definition) is 4. The van der Waals surface area contributed by atoms with Crippen molar-refractivity contribution in [2.45, 2.75) is 26.5 Å². The highest BCUT2D eigenvalue weighted by atomic mass is 16.5. The number of carbonyl (C=O) groups excluding carboxylic acids is 1. The van der Waals surface area contributed by atoms with E-state index in [1.807, 2.05) is 42.1 Å². The van der Waals surface area contributed by atoms with E-state index in [9.17, 15) is 4.79 Å². The lowest BCUT2D eigenvalue weighted by Gasteiger charge is -2.20. The highest BCUT2D eigenvalue weighted by Crippen LogP contribution is 2.23. The molecular weight excluding hydrogens is 378 g/mol. The zero-order valence-electron chi connectivity index (χ0n) is 17.3. The quantitative estimate of drug-likeness (QED) is 0.488. The van der Waals surface area contributed by atoms with Gasteiger partial charge in [0, 0.05) is 25.0 Å². The molecule has 7 nitrogen and oxygen atoms in total. The average molecular weight is 403 g/mol. The van der Waals surface area contributed by atoms with E-state index in [1.165, 1.54) is 0 Å². The maximum absolute atomic E-state index is 12.8. The molecule has 0 aliphatic heterocycles. The van der Waals surface area contributed by atoms with Crippen LogP contribution in [0.1, 0.15) is 41.9 Å². The van der Waals surface area contributed by atoms with Gasteiger partial charge in [-0.2, -0.15) is 0 Å². The Bertz CT molecular complexity index is 1110. The van der Waals surface area contributed by atoms with Crippen molar-refractivity contribution < 1.29 is 9.53 Å². The summed E-state index contributed by atoms with van der Waals surface area (Å²) < 4.78 is 7.67. The number of benzene rings is 2. The Morgan fingerprint density at radius 2 is 1.93 bits per heavy atom. The minimum Gasteiger partial charge on any atom is -0.486 e. The van der Waals surface area contributed by atoms with Crippen LogP contribution in [0.3, 0.4) is 0 Å². The van der Waals surface area contributed by atoms with Gasteiger partial charge in [-0.1, -0.05) is 26.0 Å². The maximum Gasteiger partial charge on any atom is 0.251 e. The molecule has 0 aliphatic rings. The molecule has 0 radical (unpaired) electrons. The first-order valence-corrected chi connectivity index (χ1v) is 9.96. The number of nitrogens with zero attached hydrogens (tertiary/aromatic N) is 3. The Hall–Kier alpha value is -3.61. The van der Waals surface area contributed by atoms with E-state index in [1.54, 1.807) is 30.5 Å². The molecule has 7 heteroatoms. The molecule has 1 atom stereocenters. The summed E-state index contributed by atoms with van der Waals surface area (Å²) in [6.07, 6.45) is 3.61. The second kappa shape index (κ2) is 8.41. The normalized spacial score (nSPS) is 12.3. The number of amides is 1. The molecule has 4 rings (SSSR count). The summed E-state index contributed by atoms with van der Waals surface area (Å²) in [7, 11) is 1.92. The molecule has 2 aromatic heterocycles. The second-order valence-corrected chi connectivity index (χ2v) is 7.60. The lowest BCUT2D eigenvalue weighted by molar-refractivity contribution is 0.0923. The van der Waals surface area contributed by atoms with E-state index in [0.717, 1.165) is 22.7 Å². The van der Waals surface area contributed by atoms with Crippen molar-refractivity contribution in [3.63, 3.8) is 0 Å². The third-order valence-corrected chi connectivity index (χ3v) is 5.06. The van der Waals surface area contributed by atoms with E-state index in [2.05, 4.69) is 34.1 Å². The maximum atomic E-state index is 12.8. The largest absolute Gasteiger partial charge is 0.486 e. The fraction of sp³-hybridized carbons (Fsp3) is 0.261. The van der Waals surface area contributed by atoms with Crippen LogP contribution < -0.4 is 10.1 Å². The molecule has 0 bridgehead atoms. The van der Waals surface area contributed by atoms with Gasteiger partial charge in [-0.15, -0.1) is 0 Å². The summed E-state index contributed by atoms with van der Waals surface area (Å²) in [5, 5.41) is 3.10. The van der Waals surface area contributed by atoms with Gasteiger partial charge in [0.15, 0.2) is 0 Å². The van der Waals surface area contributed by atoms with Gasteiger partial charge in [0.05, 0.1) is 17.1 Å². The van der Waals surface area contributed by atoms with Crippen molar-refractivity contribution in [2.24, 2.45) is 13.0 Å². The van der Waals surface area contributed by atoms with Crippen LogP contribution in [0, 0.1) is 5.92 Å². The number of rotatable bonds is 7. The topological polar surface area (TPSA) is 84.8 Å². The first-order chi connectivity index (χ1) is 14.5. The van der Waals surface area contributed by atoms with Crippen LogP contribution in [-0.2, 0) is 13.7 Å². The lowest BCUT2D eigenvalue weighted by Crippen LogP contribution is -2.32. The minimum absolute atomic E-state index is 0.148. The van der Waals surface area contributed by atoms with Crippen LogP contribution in [0.15, 0.2) is 60.9 Å². The highest BCUT2D eigenvalue weighted by Gasteiger charge is 2.22. The molecule has 2 heterocycles. The predicted molar refractivity (Wildman–Crippen MR) is 115 cm³/mol. The molecule has 1 amide bonds. The summed E-state index contributed by atoms with van der Waals surface area (Å²) in [5.74, 6) is 2.31.